The summed E-state index contributed by atoms with van der Waals surface area (Å²) in [6.45, 7) is 3.97. The van der Waals surface area contributed by atoms with Crippen LogP contribution in [0.1, 0.15) is 20.3 Å². The molecule has 0 fully saturated rings. The number of esters is 1. The summed E-state index contributed by atoms with van der Waals surface area (Å²) in [5.74, 6) is -0.109. The monoisotopic (exact) mass is 281 g/mol. The molecule has 20 heavy (non-hydrogen) atoms. The molecular weight excluding hydrogens is 262 g/mol. The van der Waals surface area contributed by atoms with Crippen LogP contribution in [0.4, 0.5) is 17.1 Å². The molecule has 0 spiro atoms. The molecule has 1 unspecified atom stereocenters. The molecule has 3 N–H and O–H groups in total. The average molecular weight is 281 g/mol. The van der Waals surface area contributed by atoms with Crippen molar-refractivity contribution < 1.29 is 14.5 Å². The van der Waals surface area contributed by atoms with Crippen molar-refractivity contribution in [3.05, 3.63) is 28.3 Å². The Hall–Kier alpha value is -2.31. The van der Waals surface area contributed by atoms with E-state index < -0.39 is 16.9 Å². The number of nitro groups is 1. The van der Waals surface area contributed by atoms with E-state index in [1.807, 2.05) is 13.8 Å². The number of hydrogen-bond acceptors (Lipinski definition) is 6. The number of nitrogen functional groups attached to an aromatic ring is 1. The Labute approximate surface area is 117 Å². The topological polar surface area (TPSA) is 107 Å². The predicted octanol–water partition coefficient (Wildman–Crippen LogP) is 2.18. The van der Waals surface area contributed by atoms with Gasteiger partial charge in [0.15, 0.2) is 0 Å². The van der Waals surface area contributed by atoms with Gasteiger partial charge in [0.2, 0.25) is 0 Å². The van der Waals surface area contributed by atoms with Crippen molar-refractivity contribution in [2.24, 2.45) is 5.92 Å². The van der Waals surface area contributed by atoms with E-state index in [0.717, 1.165) is 0 Å². The number of nitrogens with one attached hydrogen (secondary N) is 1. The second-order valence-electron chi connectivity index (χ2n) is 4.88. The van der Waals surface area contributed by atoms with Crippen molar-refractivity contribution in [3.8, 4) is 0 Å². The Balaban J connectivity index is 2.93. The summed E-state index contributed by atoms with van der Waals surface area (Å²) in [5.41, 5.74) is 6.37. The molecule has 0 amide bonds. The van der Waals surface area contributed by atoms with Crippen molar-refractivity contribution >= 4 is 23.0 Å². The Morgan fingerprint density at radius 3 is 2.60 bits per heavy atom. The SMILES string of the molecule is COC(=O)C(CC(C)C)Nc1ccc([N+](=O)[O-])cc1N. The third-order valence-corrected chi connectivity index (χ3v) is 2.77. The number of nitrogens with zero attached hydrogens (tertiary/aromatic N) is 1. The van der Waals surface area contributed by atoms with Gasteiger partial charge in [-0.25, -0.2) is 4.79 Å². The van der Waals surface area contributed by atoms with Crippen LogP contribution in [-0.2, 0) is 9.53 Å². The van der Waals surface area contributed by atoms with Gasteiger partial charge in [0.25, 0.3) is 5.69 Å². The minimum Gasteiger partial charge on any atom is -0.467 e. The van der Waals surface area contributed by atoms with Gasteiger partial charge in [0.05, 0.1) is 23.4 Å². The van der Waals surface area contributed by atoms with Crippen molar-refractivity contribution in [2.75, 3.05) is 18.2 Å². The molecule has 0 heterocycles. The smallest absolute Gasteiger partial charge is 0.328 e. The maximum atomic E-state index is 11.7. The molecule has 0 aliphatic heterocycles. The Bertz CT molecular complexity index is 502. The molecule has 1 aromatic carbocycles. The van der Waals surface area contributed by atoms with Gasteiger partial charge in [0.1, 0.15) is 6.04 Å². The van der Waals surface area contributed by atoms with Crippen LogP contribution in [0.25, 0.3) is 0 Å². The van der Waals surface area contributed by atoms with Gasteiger partial charge in [-0.15, -0.1) is 0 Å². The Kier molecular flexibility index (Phi) is 5.31. The zero-order valence-electron chi connectivity index (χ0n) is 11.8. The number of carbonyl (C=O) groups excluding carboxylic acids is 1. The zero-order chi connectivity index (χ0) is 15.3. The van der Waals surface area contributed by atoms with E-state index >= 15 is 0 Å². The minimum atomic E-state index is -0.538. The van der Waals surface area contributed by atoms with Gasteiger partial charge < -0.3 is 15.8 Å². The molecular formula is C13H19N3O4. The lowest BCUT2D eigenvalue weighted by atomic mass is 10.0. The lowest BCUT2D eigenvalue weighted by molar-refractivity contribution is -0.384. The summed E-state index contributed by atoms with van der Waals surface area (Å²) in [7, 11) is 1.32. The summed E-state index contributed by atoms with van der Waals surface area (Å²) >= 11 is 0. The van der Waals surface area contributed by atoms with E-state index in [1.54, 1.807) is 0 Å². The number of nitro benzene ring substituents is 1. The molecule has 1 atom stereocenters. The molecule has 0 radical (unpaired) electrons. The van der Waals surface area contributed by atoms with Gasteiger partial charge in [0, 0.05) is 12.1 Å². The molecule has 0 saturated heterocycles. The highest BCUT2D eigenvalue weighted by molar-refractivity contribution is 5.81. The predicted molar refractivity (Wildman–Crippen MR) is 76.4 cm³/mol. The van der Waals surface area contributed by atoms with Crippen LogP contribution < -0.4 is 11.1 Å². The fraction of sp³-hybridized carbons (Fsp3) is 0.462. The minimum absolute atomic E-state index is 0.0912. The summed E-state index contributed by atoms with van der Waals surface area (Å²) in [6.07, 6.45) is 0.573. The molecule has 7 heteroatoms. The number of hydrogen-bond donors (Lipinski definition) is 2. The lowest BCUT2D eigenvalue weighted by Gasteiger charge is -2.20. The van der Waals surface area contributed by atoms with Gasteiger partial charge >= 0.3 is 5.97 Å². The van der Waals surface area contributed by atoms with Crippen molar-refractivity contribution in [1.29, 1.82) is 0 Å². The van der Waals surface area contributed by atoms with Crippen LogP contribution >= 0.6 is 0 Å². The molecule has 1 rings (SSSR count). The Morgan fingerprint density at radius 2 is 2.15 bits per heavy atom. The third kappa shape index (κ3) is 4.11. The van der Waals surface area contributed by atoms with Gasteiger partial charge in [-0.2, -0.15) is 0 Å². The number of anilines is 2. The molecule has 0 bridgehead atoms. The van der Waals surface area contributed by atoms with Gasteiger partial charge in [-0.05, 0) is 18.4 Å². The first-order chi connectivity index (χ1) is 9.35. The first kappa shape index (κ1) is 15.7. The van der Waals surface area contributed by atoms with Gasteiger partial charge in [-0.3, -0.25) is 10.1 Å². The number of rotatable bonds is 6. The highest BCUT2D eigenvalue weighted by Crippen LogP contribution is 2.25. The third-order valence-electron chi connectivity index (χ3n) is 2.77. The van der Waals surface area contributed by atoms with Crippen molar-refractivity contribution in [2.45, 2.75) is 26.3 Å². The maximum absolute atomic E-state index is 11.7. The summed E-state index contributed by atoms with van der Waals surface area (Å²) in [6, 6.07) is 3.54. The standard InChI is InChI=1S/C13H19N3O4/c1-8(2)6-12(13(17)20-3)15-11-5-4-9(16(18)19)7-10(11)14/h4-5,7-8,12,15H,6,14H2,1-3H3. The van der Waals surface area contributed by atoms with E-state index in [4.69, 9.17) is 10.5 Å². The fourth-order valence-corrected chi connectivity index (χ4v) is 1.81. The first-order valence-corrected chi connectivity index (χ1v) is 6.23. The zero-order valence-corrected chi connectivity index (χ0v) is 11.8. The van der Waals surface area contributed by atoms with Crippen LogP contribution in [-0.4, -0.2) is 24.0 Å². The lowest BCUT2D eigenvalue weighted by Crippen LogP contribution is -2.32. The molecule has 0 saturated carbocycles. The largest absolute Gasteiger partial charge is 0.467 e. The first-order valence-electron chi connectivity index (χ1n) is 6.23. The summed E-state index contributed by atoms with van der Waals surface area (Å²) in [5, 5.41) is 13.6. The number of nitrogens with two attached hydrogens (primary N) is 1. The molecule has 0 aliphatic carbocycles. The van der Waals surface area contributed by atoms with E-state index in [0.29, 0.717) is 12.1 Å². The van der Waals surface area contributed by atoms with Crippen LogP contribution in [0, 0.1) is 16.0 Å². The number of ether oxygens (including phenoxy) is 1. The van der Waals surface area contributed by atoms with Crippen molar-refractivity contribution in [1.82, 2.24) is 0 Å². The molecule has 0 aromatic heterocycles. The van der Waals surface area contributed by atoms with Crippen LogP contribution in [0.5, 0.6) is 0 Å². The number of methoxy groups -OCH3 is 1. The molecule has 0 aliphatic rings. The highest BCUT2D eigenvalue weighted by atomic mass is 16.6. The molecule has 7 nitrogen and oxygen atoms in total. The normalized spacial score (nSPS) is 12.0. The van der Waals surface area contributed by atoms with Crippen LogP contribution in [0.3, 0.4) is 0 Å². The van der Waals surface area contributed by atoms with E-state index in [1.165, 1.54) is 25.3 Å². The van der Waals surface area contributed by atoms with Crippen molar-refractivity contribution in [3.63, 3.8) is 0 Å². The summed E-state index contributed by atoms with van der Waals surface area (Å²) < 4.78 is 4.74. The number of carbonyl (C=O) groups is 1. The quantitative estimate of drug-likeness (QED) is 0.358. The highest BCUT2D eigenvalue weighted by Gasteiger charge is 2.21. The number of non-ortho nitro benzene ring substituents is 1. The van der Waals surface area contributed by atoms with Gasteiger partial charge in [-0.1, -0.05) is 13.8 Å². The fourth-order valence-electron chi connectivity index (χ4n) is 1.81. The second-order valence-corrected chi connectivity index (χ2v) is 4.88. The van der Waals surface area contributed by atoms with E-state index in [2.05, 4.69) is 5.32 Å². The van der Waals surface area contributed by atoms with E-state index in [9.17, 15) is 14.9 Å². The van der Waals surface area contributed by atoms with E-state index in [-0.39, 0.29) is 17.3 Å². The molecule has 1 aromatic rings. The molecule has 110 valence electrons. The average Bonchev–Trinajstić information content (AvgIpc) is 2.38. The number of benzene rings is 1. The second kappa shape index (κ2) is 6.74. The van der Waals surface area contributed by atoms with Crippen LogP contribution in [0.15, 0.2) is 18.2 Å². The maximum Gasteiger partial charge on any atom is 0.328 e. The van der Waals surface area contributed by atoms with Crippen LogP contribution in [0.2, 0.25) is 0 Å². The summed E-state index contributed by atoms with van der Waals surface area (Å²) in [4.78, 5) is 21.8. The Morgan fingerprint density at radius 1 is 1.50 bits per heavy atom.